The molecule has 2 aliphatic rings. The first-order valence-corrected chi connectivity index (χ1v) is 7.60. The van der Waals surface area contributed by atoms with Gasteiger partial charge in [-0.2, -0.15) is 0 Å². The highest BCUT2D eigenvalue weighted by atomic mass is 32.2. The lowest BCUT2D eigenvalue weighted by molar-refractivity contribution is 0.0887. The van der Waals surface area contributed by atoms with Crippen LogP contribution < -0.4 is 0 Å². The fourth-order valence-electron chi connectivity index (χ4n) is 3.20. The largest absolute Gasteiger partial charge is 0.291 e. The van der Waals surface area contributed by atoms with E-state index < -0.39 is 9.73 Å². The van der Waals surface area contributed by atoms with E-state index in [4.69, 9.17) is 0 Å². The van der Waals surface area contributed by atoms with Gasteiger partial charge in [-0.3, -0.25) is 4.90 Å². The Hall–Kier alpha value is -0.0900. The Kier molecular flexibility index (Phi) is 2.62. The Morgan fingerprint density at radius 2 is 1.67 bits per heavy atom. The minimum atomic E-state index is -1.87. The van der Waals surface area contributed by atoms with E-state index in [-0.39, 0.29) is 5.54 Å². The van der Waals surface area contributed by atoms with E-state index in [1.54, 1.807) is 7.05 Å². The van der Waals surface area contributed by atoms with Gasteiger partial charge in [0.05, 0.1) is 0 Å². The summed E-state index contributed by atoms with van der Waals surface area (Å²) in [5.74, 6) is 1.58. The molecule has 2 aliphatic heterocycles. The van der Waals surface area contributed by atoms with Crippen molar-refractivity contribution < 1.29 is 4.21 Å². The Morgan fingerprint density at radius 3 is 2.00 bits per heavy atom. The predicted molar refractivity (Wildman–Crippen MR) is 64.6 cm³/mol. The molecule has 0 aliphatic carbocycles. The van der Waals surface area contributed by atoms with Gasteiger partial charge in [-0.25, -0.2) is 8.57 Å². The van der Waals surface area contributed by atoms with Crippen LogP contribution in [0, 0.1) is 0 Å². The fourth-order valence-corrected chi connectivity index (χ4v) is 5.49. The summed E-state index contributed by atoms with van der Waals surface area (Å²) >= 11 is 0. The first kappa shape index (κ1) is 11.4. The van der Waals surface area contributed by atoms with Gasteiger partial charge in [0, 0.05) is 45.9 Å². The molecule has 0 aromatic heterocycles. The van der Waals surface area contributed by atoms with Crippen molar-refractivity contribution in [3.8, 4) is 0 Å². The average Bonchev–Trinajstić information content (AvgIpc) is 2.40. The third kappa shape index (κ3) is 1.94. The molecule has 2 saturated heterocycles. The molecule has 4 heteroatoms. The smallest absolute Gasteiger partial charge is 0.0495 e. The molecule has 0 radical (unpaired) electrons. The highest BCUT2D eigenvalue weighted by Crippen LogP contribution is 2.37. The van der Waals surface area contributed by atoms with Crippen LogP contribution in [0.25, 0.3) is 0 Å². The van der Waals surface area contributed by atoms with Gasteiger partial charge < -0.3 is 0 Å². The van der Waals surface area contributed by atoms with E-state index in [1.807, 2.05) is 0 Å². The Bertz CT molecular complexity index is 343. The highest BCUT2D eigenvalue weighted by Gasteiger charge is 2.46. The Labute approximate surface area is 93.4 Å². The Balaban J connectivity index is 2.29. The average molecular weight is 230 g/mol. The SMILES string of the molecule is CN=S1(=O)CC2CCC(C1)N2C(C)(C)C. The Morgan fingerprint density at radius 1 is 1.20 bits per heavy atom. The molecule has 2 rings (SSSR count). The maximum Gasteiger partial charge on any atom is 0.0495 e. The summed E-state index contributed by atoms with van der Waals surface area (Å²) in [6.45, 7) is 6.78. The molecule has 15 heavy (non-hydrogen) atoms. The van der Waals surface area contributed by atoms with E-state index in [9.17, 15) is 4.21 Å². The molecule has 0 spiro atoms. The normalized spacial score (nSPS) is 41.9. The topological polar surface area (TPSA) is 32.7 Å². The summed E-state index contributed by atoms with van der Waals surface area (Å²) in [5.41, 5.74) is 0.209. The zero-order chi connectivity index (χ0) is 11.3. The molecular formula is C11H22N2OS. The summed E-state index contributed by atoms with van der Waals surface area (Å²) in [5, 5.41) is 0. The minimum Gasteiger partial charge on any atom is -0.291 e. The van der Waals surface area contributed by atoms with Gasteiger partial charge in [0.1, 0.15) is 0 Å². The predicted octanol–water partition coefficient (Wildman–Crippen LogP) is 1.73. The van der Waals surface area contributed by atoms with Crippen LogP contribution in [-0.4, -0.2) is 45.3 Å². The van der Waals surface area contributed by atoms with Crippen molar-refractivity contribution in [2.24, 2.45) is 4.36 Å². The van der Waals surface area contributed by atoms with Gasteiger partial charge in [-0.1, -0.05) is 0 Å². The molecule has 2 unspecified atom stereocenters. The summed E-state index contributed by atoms with van der Waals surface area (Å²) < 4.78 is 16.5. The zero-order valence-corrected chi connectivity index (χ0v) is 11.0. The fraction of sp³-hybridized carbons (Fsp3) is 1.00. The third-order valence-corrected chi connectivity index (χ3v) is 6.11. The van der Waals surface area contributed by atoms with Gasteiger partial charge >= 0.3 is 0 Å². The summed E-state index contributed by atoms with van der Waals surface area (Å²) in [4.78, 5) is 2.57. The second-order valence-electron chi connectivity index (χ2n) is 5.75. The van der Waals surface area contributed by atoms with Crippen LogP contribution in [0.3, 0.4) is 0 Å². The van der Waals surface area contributed by atoms with E-state index in [2.05, 4.69) is 30.0 Å². The second-order valence-corrected chi connectivity index (χ2v) is 8.33. The van der Waals surface area contributed by atoms with E-state index in [0.29, 0.717) is 12.1 Å². The molecule has 0 amide bonds. The van der Waals surface area contributed by atoms with Crippen molar-refractivity contribution in [1.29, 1.82) is 0 Å². The lowest BCUT2D eigenvalue weighted by Gasteiger charge is -2.44. The standard InChI is InChI=1S/C11H22N2OS/c1-11(2,3)13-9-5-6-10(13)8-15(14,7-9)12-4/h9-10H,5-8H2,1-4H3. The van der Waals surface area contributed by atoms with Crippen molar-refractivity contribution in [1.82, 2.24) is 4.90 Å². The van der Waals surface area contributed by atoms with Crippen molar-refractivity contribution in [2.45, 2.75) is 51.2 Å². The van der Waals surface area contributed by atoms with Gasteiger partial charge in [0.15, 0.2) is 0 Å². The number of nitrogens with zero attached hydrogens (tertiary/aromatic N) is 2. The zero-order valence-electron chi connectivity index (χ0n) is 10.2. The van der Waals surface area contributed by atoms with Crippen LogP contribution in [0.4, 0.5) is 0 Å². The van der Waals surface area contributed by atoms with Crippen molar-refractivity contribution >= 4 is 9.73 Å². The van der Waals surface area contributed by atoms with Crippen molar-refractivity contribution in [2.75, 3.05) is 18.6 Å². The monoisotopic (exact) mass is 230 g/mol. The number of fused-ring (bicyclic) bond motifs is 2. The molecular weight excluding hydrogens is 208 g/mol. The van der Waals surface area contributed by atoms with Gasteiger partial charge in [-0.05, 0) is 33.6 Å². The van der Waals surface area contributed by atoms with E-state index >= 15 is 0 Å². The maximum absolute atomic E-state index is 12.3. The molecule has 0 saturated carbocycles. The van der Waals surface area contributed by atoms with Crippen LogP contribution in [0.2, 0.25) is 0 Å². The van der Waals surface area contributed by atoms with Crippen LogP contribution in [0.1, 0.15) is 33.6 Å². The van der Waals surface area contributed by atoms with Crippen LogP contribution in [-0.2, 0) is 9.73 Å². The highest BCUT2D eigenvalue weighted by molar-refractivity contribution is 7.93. The molecule has 3 nitrogen and oxygen atoms in total. The van der Waals surface area contributed by atoms with E-state index in [1.165, 1.54) is 12.8 Å². The number of hydrogen-bond acceptors (Lipinski definition) is 3. The minimum absolute atomic E-state index is 0.209. The van der Waals surface area contributed by atoms with Gasteiger partial charge in [0.2, 0.25) is 0 Å². The second kappa shape index (κ2) is 3.45. The molecule has 0 aromatic carbocycles. The van der Waals surface area contributed by atoms with Crippen molar-refractivity contribution in [3.63, 3.8) is 0 Å². The van der Waals surface area contributed by atoms with Gasteiger partial charge in [-0.15, -0.1) is 0 Å². The first-order chi connectivity index (χ1) is 6.86. The molecule has 2 heterocycles. The molecule has 2 bridgehead atoms. The first-order valence-electron chi connectivity index (χ1n) is 5.75. The lowest BCUT2D eigenvalue weighted by atomic mass is 10.0. The van der Waals surface area contributed by atoms with Crippen LogP contribution in [0.5, 0.6) is 0 Å². The maximum atomic E-state index is 12.3. The van der Waals surface area contributed by atoms with Crippen molar-refractivity contribution in [3.05, 3.63) is 0 Å². The summed E-state index contributed by atoms with van der Waals surface area (Å²) in [7, 11) is -0.157. The quantitative estimate of drug-likeness (QED) is 0.635. The summed E-state index contributed by atoms with van der Waals surface area (Å²) in [6, 6.07) is 1.000. The van der Waals surface area contributed by atoms with Crippen LogP contribution >= 0.6 is 0 Å². The molecule has 2 atom stereocenters. The molecule has 0 aromatic rings. The number of hydrogen-bond donors (Lipinski definition) is 0. The lowest BCUT2D eigenvalue weighted by Crippen LogP contribution is -2.56. The number of rotatable bonds is 0. The van der Waals surface area contributed by atoms with Crippen LogP contribution in [0.15, 0.2) is 4.36 Å². The summed E-state index contributed by atoms with van der Waals surface area (Å²) in [6.07, 6.45) is 2.41. The molecule has 0 N–H and O–H groups in total. The molecule has 2 fully saturated rings. The molecule has 88 valence electrons. The van der Waals surface area contributed by atoms with E-state index in [0.717, 1.165) is 11.5 Å². The third-order valence-electron chi connectivity index (χ3n) is 3.63. The van der Waals surface area contributed by atoms with Gasteiger partial charge in [0.25, 0.3) is 0 Å².